The number of benzene rings is 2. The molecule has 19 heavy (non-hydrogen) atoms. The molecule has 1 N–H and O–H groups in total. The van der Waals surface area contributed by atoms with Gasteiger partial charge in [0, 0.05) is 11.8 Å². The first kappa shape index (κ1) is 12.8. The van der Waals surface area contributed by atoms with Crippen LogP contribution in [0.1, 0.15) is 0 Å². The summed E-state index contributed by atoms with van der Waals surface area (Å²) in [5.41, 5.74) is 0.582. The Kier molecular flexibility index (Phi) is 3.61. The van der Waals surface area contributed by atoms with Gasteiger partial charge in [-0.25, -0.2) is 4.39 Å². The number of nitro benzene ring substituents is 1. The quantitative estimate of drug-likeness (QED) is 0.676. The zero-order valence-electron chi connectivity index (χ0n) is 10.1. The minimum atomic E-state index is -0.674. The van der Waals surface area contributed by atoms with Gasteiger partial charge in [0.1, 0.15) is 11.6 Å². The Hall–Kier alpha value is -2.63. The van der Waals surface area contributed by atoms with Crippen LogP contribution in [0.3, 0.4) is 0 Å². The summed E-state index contributed by atoms with van der Waals surface area (Å²) in [5, 5.41) is 13.6. The first-order valence-corrected chi connectivity index (χ1v) is 5.45. The van der Waals surface area contributed by atoms with E-state index < -0.39 is 10.7 Å². The lowest BCUT2D eigenvalue weighted by atomic mass is 10.2. The van der Waals surface area contributed by atoms with Gasteiger partial charge >= 0.3 is 0 Å². The maximum atomic E-state index is 13.3. The Morgan fingerprint density at radius 2 is 2.00 bits per heavy atom. The SMILES string of the molecule is COc1ccccc1Nc1cc(F)cc([N+](=O)[O-])c1. The molecule has 2 rings (SSSR count). The molecule has 6 heteroatoms. The van der Waals surface area contributed by atoms with Crippen LogP contribution in [-0.2, 0) is 0 Å². The molecule has 0 spiro atoms. The van der Waals surface area contributed by atoms with E-state index in [4.69, 9.17) is 4.74 Å². The van der Waals surface area contributed by atoms with E-state index in [0.29, 0.717) is 11.4 Å². The van der Waals surface area contributed by atoms with Crippen molar-refractivity contribution in [2.24, 2.45) is 0 Å². The van der Waals surface area contributed by atoms with Gasteiger partial charge in [-0.05, 0) is 18.2 Å². The number of nitrogens with zero attached hydrogens (tertiary/aromatic N) is 1. The second kappa shape index (κ2) is 5.34. The van der Waals surface area contributed by atoms with E-state index in [2.05, 4.69) is 5.32 Å². The molecule has 0 fully saturated rings. The van der Waals surface area contributed by atoms with Crippen LogP contribution >= 0.6 is 0 Å². The molecule has 0 aromatic heterocycles. The molecule has 0 aliphatic heterocycles. The number of nitro groups is 1. The van der Waals surface area contributed by atoms with Gasteiger partial charge in [-0.15, -0.1) is 0 Å². The fourth-order valence-corrected chi connectivity index (χ4v) is 1.66. The van der Waals surface area contributed by atoms with Crippen LogP contribution in [0.4, 0.5) is 21.5 Å². The van der Waals surface area contributed by atoms with Crippen molar-refractivity contribution >= 4 is 17.1 Å². The summed E-state index contributed by atoms with van der Waals surface area (Å²) in [6.45, 7) is 0. The normalized spacial score (nSPS) is 10.0. The number of hydrogen-bond donors (Lipinski definition) is 1. The van der Waals surface area contributed by atoms with Crippen molar-refractivity contribution in [3.63, 3.8) is 0 Å². The molecule has 0 saturated carbocycles. The van der Waals surface area contributed by atoms with Crippen LogP contribution in [-0.4, -0.2) is 12.0 Å². The monoisotopic (exact) mass is 262 g/mol. The number of rotatable bonds is 4. The molecule has 0 heterocycles. The molecule has 2 aromatic rings. The van der Waals surface area contributed by atoms with E-state index in [0.717, 1.165) is 6.07 Å². The summed E-state index contributed by atoms with van der Waals surface area (Å²) in [5.74, 6) is -0.110. The highest BCUT2D eigenvalue weighted by molar-refractivity contribution is 5.67. The highest BCUT2D eigenvalue weighted by atomic mass is 19.1. The maximum Gasteiger partial charge on any atom is 0.274 e. The highest BCUT2D eigenvalue weighted by Gasteiger charge is 2.11. The molecule has 0 saturated heterocycles. The Labute approximate surface area is 108 Å². The fourth-order valence-electron chi connectivity index (χ4n) is 1.66. The predicted octanol–water partition coefficient (Wildman–Crippen LogP) is 3.49. The van der Waals surface area contributed by atoms with Crippen LogP contribution in [0.25, 0.3) is 0 Å². The molecule has 0 bridgehead atoms. The Morgan fingerprint density at radius 1 is 1.26 bits per heavy atom. The zero-order chi connectivity index (χ0) is 13.8. The summed E-state index contributed by atoms with van der Waals surface area (Å²) < 4.78 is 18.4. The fraction of sp³-hybridized carbons (Fsp3) is 0.0769. The third-order valence-corrected chi connectivity index (χ3v) is 2.48. The number of ether oxygens (including phenoxy) is 1. The lowest BCUT2D eigenvalue weighted by Crippen LogP contribution is -1.96. The standard InChI is InChI=1S/C13H11FN2O3/c1-19-13-5-3-2-4-12(13)15-10-6-9(14)7-11(8-10)16(17)18/h2-8,15H,1H3. The molecular formula is C13H11FN2O3. The van der Waals surface area contributed by atoms with Crippen LogP contribution in [0, 0.1) is 15.9 Å². The van der Waals surface area contributed by atoms with Crippen molar-refractivity contribution in [3.05, 3.63) is 58.4 Å². The average molecular weight is 262 g/mol. The lowest BCUT2D eigenvalue weighted by molar-refractivity contribution is -0.385. The molecule has 0 atom stereocenters. The number of anilines is 2. The Balaban J connectivity index is 2.35. The van der Waals surface area contributed by atoms with Crippen molar-refractivity contribution in [2.75, 3.05) is 12.4 Å². The topological polar surface area (TPSA) is 64.4 Å². The maximum absolute atomic E-state index is 13.3. The van der Waals surface area contributed by atoms with Crippen molar-refractivity contribution in [3.8, 4) is 5.75 Å². The third kappa shape index (κ3) is 2.98. The Bertz CT molecular complexity index is 617. The highest BCUT2D eigenvalue weighted by Crippen LogP contribution is 2.29. The number of para-hydroxylation sites is 2. The first-order chi connectivity index (χ1) is 9.10. The minimum Gasteiger partial charge on any atom is -0.495 e. The van der Waals surface area contributed by atoms with Gasteiger partial charge in [0.25, 0.3) is 5.69 Å². The number of non-ortho nitro benzene ring substituents is 1. The van der Waals surface area contributed by atoms with Crippen molar-refractivity contribution in [1.82, 2.24) is 0 Å². The molecular weight excluding hydrogens is 251 g/mol. The predicted molar refractivity (Wildman–Crippen MR) is 69.3 cm³/mol. The third-order valence-electron chi connectivity index (χ3n) is 2.48. The number of halogens is 1. The van der Waals surface area contributed by atoms with E-state index in [-0.39, 0.29) is 11.4 Å². The first-order valence-electron chi connectivity index (χ1n) is 5.45. The summed E-state index contributed by atoms with van der Waals surface area (Å²) >= 11 is 0. The van der Waals surface area contributed by atoms with Gasteiger partial charge in [0.15, 0.2) is 0 Å². The van der Waals surface area contributed by atoms with Crippen LogP contribution in [0.5, 0.6) is 5.75 Å². The van der Waals surface area contributed by atoms with Crippen molar-refractivity contribution in [2.45, 2.75) is 0 Å². The molecule has 0 radical (unpaired) electrons. The van der Waals surface area contributed by atoms with Gasteiger partial charge in [0.2, 0.25) is 0 Å². The number of nitrogens with one attached hydrogen (secondary N) is 1. The molecule has 98 valence electrons. The zero-order valence-corrected chi connectivity index (χ0v) is 10.1. The van der Waals surface area contributed by atoms with E-state index >= 15 is 0 Å². The molecule has 0 aliphatic carbocycles. The van der Waals surface area contributed by atoms with Gasteiger partial charge < -0.3 is 10.1 Å². The second-order valence-electron chi connectivity index (χ2n) is 3.78. The smallest absolute Gasteiger partial charge is 0.274 e. The van der Waals surface area contributed by atoms with E-state index in [1.165, 1.54) is 19.2 Å². The van der Waals surface area contributed by atoms with E-state index in [1.54, 1.807) is 24.3 Å². The molecule has 0 amide bonds. The van der Waals surface area contributed by atoms with E-state index in [1.807, 2.05) is 0 Å². The van der Waals surface area contributed by atoms with Crippen molar-refractivity contribution in [1.29, 1.82) is 0 Å². The number of hydrogen-bond acceptors (Lipinski definition) is 4. The molecule has 0 unspecified atom stereocenters. The minimum absolute atomic E-state index is 0.288. The summed E-state index contributed by atoms with van der Waals surface area (Å²) in [4.78, 5) is 10.0. The molecule has 5 nitrogen and oxygen atoms in total. The number of methoxy groups -OCH3 is 1. The van der Waals surface area contributed by atoms with Gasteiger partial charge in [-0.3, -0.25) is 10.1 Å². The van der Waals surface area contributed by atoms with Crippen LogP contribution in [0.15, 0.2) is 42.5 Å². The van der Waals surface area contributed by atoms with E-state index in [9.17, 15) is 14.5 Å². The molecule has 2 aromatic carbocycles. The van der Waals surface area contributed by atoms with Gasteiger partial charge in [-0.2, -0.15) is 0 Å². The average Bonchev–Trinajstić information content (AvgIpc) is 2.38. The van der Waals surface area contributed by atoms with Gasteiger partial charge in [-0.1, -0.05) is 12.1 Å². The summed E-state index contributed by atoms with van der Waals surface area (Å²) in [6, 6.07) is 10.3. The van der Waals surface area contributed by atoms with Crippen LogP contribution < -0.4 is 10.1 Å². The summed E-state index contributed by atoms with van der Waals surface area (Å²) in [7, 11) is 1.51. The molecule has 0 aliphatic rings. The Morgan fingerprint density at radius 3 is 2.68 bits per heavy atom. The largest absolute Gasteiger partial charge is 0.495 e. The van der Waals surface area contributed by atoms with Crippen LogP contribution in [0.2, 0.25) is 0 Å². The van der Waals surface area contributed by atoms with Crippen molar-refractivity contribution < 1.29 is 14.1 Å². The van der Waals surface area contributed by atoms with Gasteiger partial charge in [0.05, 0.1) is 23.8 Å². The second-order valence-corrected chi connectivity index (χ2v) is 3.78. The lowest BCUT2D eigenvalue weighted by Gasteiger charge is -2.10. The summed E-state index contributed by atoms with van der Waals surface area (Å²) in [6.07, 6.45) is 0.